The van der Waals surface area contributed by atoms with Crippen LogP contribution in [-0.4, -0.2) is 44.5 Å². The molecule has 1 unspecified atom stereocenters. The van der Waals surface area contributed by atoms with Gasteiger partial charge in [0.1, 0.15) is 11.6 Å². The topological polar surface area (TPSA) is 63.1 Å². The van der Waals surface area contributed by atoms with E-state index in [1.807, 2.05) is 39.4 Å². The van der Waals surface area contributed by atoms with Crippen LogP contribution in [0.4, 0.5) is 5.82 Å². The standard InChI is InChI=1S/C22H27N5O/c1-15(27-9-5-4-6-10-27)22(28)25-21-12-19-11-17(7-8-18(19)13-24-21)20-14-23-16(2)26(20)3/h7-8,11-15H,4-6,9-10H2,1-3H3,(H,24,25,28). The van der Waals surface area contributed by atoms with Gasteiger partial charge in [-0.25, -0.2) is 9.97 Å². The van der Waals surface area contributed by atoms with Crippen LogP contribution in [0.1, 0.15) is 32.0 Å². The minimum atomic E-state index is -0.137. The number of rotatable bonds is 4. The molecule has 0 bridgehead atoms. The number of piperidine rings is 1. The lowest BCUT2D eigenvalue weighted by Gasteiger charge is -2.31. The van der Waals surface area contributed by atoms with Crippen molar-refractivity contribution < 1.29 is 4.79 Å². The van der Waals surface area contributed by atoms with Crippen LogP contribution in [0.2, 0.25) is 0 Å². The van der Waals surface area contributed by atoms with Crippen molar-refractivity contribution in [1.82, 2.24) is 19.4 Å². The number of anilines is 1. The average molecular weight is 377 g/mol. The Balaban J connectivity index is 1.56. The van der Waals surface area contributed by atoms with E-state index in [0.717, 1.165) is 40.9 Å². The summed E-state index contributed by atoms with van der Waals surface area (Å²) in [6.45, 7) is 5.95. The predicted octanol–water partition coefficient (Wildman–Crippen LogP) is 3.76. The van der Waals surface area contributed by atoms with E-state index in [4.69, 9.17) is 0 Å². The summed E-state index contributed by atoms with van der Waals surface area (Å²) < 4.78 is 2.07. The number of carbonyl (C=O) groups is 1. The van der Waals surface area contributed by atoms with Crippen molar-refractivity contribution >= 4 is 22.5 Å². The maximum absolute atomic E-state index is 12.7. The Morgan fingerprint density at radius 1 is 1.07 bits per heavy atom. The fraction of sp³-hybridized carbons (Fsp3) is 0.409. The highest BCUT2D eigenvalue weighted by Crippen LogP contribution is 2.26. The van der Waals surface area contributed by atoms with Gasteiger partial charge in [0.15, 0.2) is 0 Å². The van der Waals surface area contributed by atoms with Crippen molar-refractivity contribution in [2.24, 2.45) is 7.05 Å². The van der Waals surface area contributed by atoms with Gasteiger partial charge in [-0.2, -0.15) is 0 Å². The molecule has 0 aliphatic carbocycles. The van der Waals surface area contributed by atoms with E-state index in [2.05, 4.69) is 43.0 Å². The van der Waals surface area contributed by atoms with Crippen LogP contribution in [0.3, 0.4) is 0 Å². The van der Waals surface area contributed by atoms with E-state index < -0.39 is 0 Å². The number of pyridine rings is 1. The number of carbonyl (C=O) groups excluding carboxylic acids is 1. The Labute approximate surface area is 165 Å². The Morgan fingerprint density at radius 2 is 1.86 bits per heavy atom. The van der Waals surface area contributed by atoms with Crippen molar-refractivity contribution in [3.8, 4) is 11.3 Å². The smallest absolute Gasteiger partial charge is 0.242 e. The maximum atomic E-state index is 12.7. The number of amides is 1. The quantitative estimate of drug-likeness (QED) is 0.752. The van der Waals surface area contributed by atoms with Gasteiger partial charge in [-0.15, -0.1) is 0 Å². The third kappa shape index (κ3) is 3.64. The zero-order chi connectivity index (χ0) is 19.7. The van der Waals surface area contributed by atoms with Crippen LogP contribution < -0.4 is 5.32 Å². The van der Waals surface area contributed by atoms with E-state index in [1.54, 1.807) is 0 Å². The second-order valence-corrected chi connectivity index (χ2v) is 7.64. The Kier molecular flexibility index (Phi) is 5.13. The number of nitrogens with zero attached hydrogens (tertiary/aromatic N) is 4. The lowest BCUT2D eigenvalue weighted by atomic mass is 10.1. The van der Waals surface area contributed by atoms with Crippen LogP contribution in [0.15, 0.2) is 36.7 Å². The molecule has 1 atom stereocenters. The molecular formula is C22H27N5O. The number of aromatic nitrogens is 3. The van der Waals surface area contributed by atoms with Crippen LogP contribution in [0, 0.1) is 6.92 Å². The summed E-state index contributed by atoms with van der Waals surface area (Å²) in [6.07, 6.45) is 7.30. The molecule has 0 spiro atoms. The third-order valence-electron chi connectivity index (χ3n) is 5.81. The molecule has 146 valence electrons. The molecule has 28 heavy (non-hydrogen) atoms. The predicted molar refractivity (Wildman–Crippen MR) is 112 cm³/mol. The van der Waals surface area contributed by atoms with Crippen LogP contribution >= 0.6 is 0 Å². The first kappa shape index (κ1) is 18.6. The molecule has 1 aliphatic heterocycles. The monoisotopic (exact) mass is 377 g/mol. The van der Waals surface area contributed by atoms with E-state index in [1.165, 1.54) is 19.3 Å². The van der Waals surface area contributed by atoms with Crippen molar-refractivity contribution in [1.29, 1.82) is 0 Å². The zero-order valence-corrected chi connectivity index (χ0v) is 16.8. The minimum absolute atomic E-state index is 0.00663. The first-order chi connectivity index (χ1) is 13.5. The van der Waals surface area contributed by atoms with E-state index in [0.29, 0.717) is 5.82 Å². The molecule has 3 aromatic rings. The summed E-state index contributed by atoms with van der Waals surface area (Å²) in [5.41, 5.74) is 2.17. The van der Waals surface area contributed by atoms with Crippen LogP contribution in [-0.2, 0) is 11.8 Å². The van der Waals surface area contributed by atoms with Crippen molar-refractivity contribution in [3.05, 3.63) is 42.5 Å². The molecule has 6 nitrogen and oxygen atoms in total. The molecule has 4 rings (SSSR count). The van der Waals surface area contributed by atoms with Gasteiger partial charge in [-0.1, -0.05) is 18.6 Å². The van der Waals surface area contributed by atoms with Gasteiger partial charge in [0.25, 0.3) is 0 Å². The fourth-order valence-electron chi connectivity index (χ4n) is 3.84. The Bertz CT molecular complexity index is 1000. The summed E-state index contributed by atoms with van der Waals surface area (Å²) in [7, 11) is 2.02. The Hall–Kier alpha value is -2.73. The largest absolute Gasteiger partial charge is 0.331 e. The number of benzene rings is 1. The summed E-state index contributed by atoms with van der Waals surface area (Å²) in [4.78, 5) is 23.7. The molecule has 1 aromatic carbocycles. The molecule has 2 aromatic heterocycles. The van der Waals surface area contributed by atoms with Gasteiger partial charge in [0.05, 0.1) is 17.9 Å². The highest BCUT2D eigenvalue weighted by atomic mass is 16.2. The summed E-state index contributed by atoms with van der Waals surface area (Å²) in [6, 6.07) is 8.07. The normalized spacial score (nSPS) is 16.2. The number of hydrogen-bond donors (Lipinski definition) is 1. The molecule has 0 radical (unpaired) electrons. The van der Waals surface area contributed by atoms with E-state index in [-0.39, 0.29) is 11.9 Å². The zero-order valence-electron chi connectivity index (χ0n) is 16.8. The highest BCUT2D eigenvalue weighted by Gasteiger charge is 2.23. The van der Waals surface area contributed by atoms with E-state index in [9.17, 15) is 4.79 Å². The van der Waals surface area contributed by atoms with Gasteiger partial charge in [-0.3, -0.25) is 9.69 Å². The van der Waals surface area contributed by atoms with Crippen molar-refractivity contribution in [2.45, 2.75) is 39.2 Å². The van der Waals surface area contributed by atoms with Gasteiger partial charge in [0.2, 0.25) is 5.91 Å². The summed E-state index contributed by atoms with van der Waals surface area (Å²) >= 11 is 0. The van der Waals surface area contributed by atoms with Gasteiger partial charge in [-0.05, 0) is 57.3 Å². The first-order valence-corrected chi connectivity index (χ1v) is 9.96. The molecule has 1 fully saturated rings. The van der Waals surface area contributed by atoms with E-state index >= 15 is 0 Å². The Morgan fingerprint density at radius 3 is 2.57 bits per heavy atom. The SMILES string of the molecule is Cc1ncc(-c2ccc3cnc(NC(=O)C(C)N4CCCCC4)cc3c2)n1C. The average Bonchev–Trinajstić information content (AvgIpc) is 3.06. The molecular weight excluding hydrogens is 350 g/mol. The first-order valence-electron chi connectivity index (χ1n) is 9.96. The number of hydrogen-bond acceptors (Lipinski definition) is 4. The number of nitrogens with one attached hydrogen (secondary N) is 1. The highest BCUT2D eigenvalue weighted by molar-refractivity contribution is 5.96. The number of likely N-dealkylation sites (tertiary alicyclic amines) is 1. The van der Waals surface area contributed by atoms with Crippen molar-refractivity contribution in [2.75, 3.05) is 18.4 Å². The molecule has 1 aliphatic rings. The molecule has 0 saturated carbocycles. The fourth-order valence-corrected chi connectivity index (χ4v) is 3.84. The van der Waals surface area contributed by atoms with Gasteiger partial charge < -0.3 is 9.88 Å². The van der Waals surface area contributed by atoms with Crippen LogP contribution in [0.25, 0.3) is 22.0 Å². The molecule has 1 saturated heterocycles. The molecule has 3 heterocycles. The second kappa shape index (κ2) is 7.72. The van der Waals surface area contributed by atoms with Gasteiger partial charge >= 0.3 is 0 Å². The maximum Gasteiger partial charge on any atom is 0.242 e. The molecule has 1 amide bonds. The van der Waals surface area contributed by atoms with Gasteiger partial charge in [0, 0.05) is 24.2 Å². The summed E-state index contributed by atoms with van der Waals surface area (Å²) in [5, 5.41) is 5.09. The number of imidazole rings is 1. The number of fused-ring (bicyclic) bond motifs is 1. The molecule has 1 N–H and O–H groups in total. The minimum Gasteiger partial charge on any atom is -0.331 e. The second-order valence-electron chi connectivity index (χ2n) is 7.64. The lowest BCUT2D eigenvalue weighted by Crippen LogP contribution is -2.44. The van der Waals surface area contributed by atoms with Crippen LogP contribution in [0.5, 0.6) is 0 Å². The lowest BCUT2D eigenvalue weighted by molar-refractivity contribution is -0.121. The molecule has 6 heteroatoms. The number of aryl methyl sites for hydroxylation is 1. The third-order valence-corrected chi connectivity index (χ3v) is 5.81. The summed E-state index contributed by atoms with van der Waals surface area (Å²) in [5.74, 6) is 1.58. The van der Waals surface area contributed by atoms with Crippen molar-refractivity contribution in [3.63, 3.8) is 0 Å².